The molecule has 0 bridgehead atoms. The predicted molar refractivity (Wildman–Crippen MR) is 111 cm³/mol. The molecule has 31 heavy (non-hydrogen) atoms. The Balaban J connectivity index is 1.87. The number of primary amides is 2. The Labute approximate surface area is 182 Å². The van der Waals surface area contributed by atoms with Crippen LogP contribution in [-0.4, -0.2) is 114 Å². The lowest BCUT2D eigenvalue weighted by Gasteiger charge is -2.33. The first-order valence-electron chi connectivity index (χ1n) is 9.80. The zero-order valence-electron chi connectivity index (χ0n) is 17.4. The van der Waals surface area contributed by atoms with Gasteiger partial charge >= 0.3 is 0 Å². The fourth-order valence-electron chi connectivity index (χ4n) is 3.21. The third kappa shape index (κ3) is 7.90. The minimum atomic E-state index is -4.14. The molecule has 2 saturated heterocycles. The number of hydrogen-bond acceptors (Lipinski definition) is 8. The molecule has 0 aromatic rings. The Kier molecular flexibility index (Phi) is 9.14. The highest BCUT2D eigenvalue weighted by atomic mass is 32.2. The van der Waals surface area contributed by atoms with Crippen molar-refractivity contribution in [2.45, 2.75) is 25.0 Å². The standard InChI is InChI=1S/C15H31N7O7S2/c1-20-4-6-21(7-5-20)30(25,26)18-3-2-12-11-22(8-9-29-12)31(27,28)19-13(15(17)24)10-14(16)23/h12-13,18-19H,2-11H2,1H3,(H2,16,23)(H2,17,24). The number of likely N-dealkylation sites (N-methyl/N-ethyl adjacent to an activating group) is 1. The molecule has 14 nitrogen and oxygen atoms in total. The van der Waals surface area contributed by atoms with E-state index in [4.69, 9.17) is 16.2 Å². The van der Waals surface area contributed by atoms with Crippen molar-refractivity contribution in [1.82, 2.24) is 23.0 Å². The van der Waals surface area contributed by atoms with Gasteiger partial charge in [-0.15, -0.1) is 0 Å². The molecular formula is C15H31N7O7S2. The zero-order valence-corrected chi connectivity index (χ0v) is 19.0. The highest BCUT2D eigenvalue weighted by Gasteiger charge is 2.33. The van der Waals surface area contributed by atoms with Crippen molar-refractivity contribution in [1.29, 1.82) is 0 Å². The zero-order chi connectivity index (χ0) is 23.2. The molecule has 16 heteroatoms. The van der Waals surface area contributed by atoms with E-state index in [-0.39, 0.29) is 32.7 Å². The average Bonchev–Trinajstić information content (AvgIpc) is 2.67. The highest BCUT2D eigenvalue weighted by Crippen LogP contribution is 2.13. The molecule has 0 aromatic carbocycles. The van der Waals surface area contributed by atoms with Crippen LogP contribution in [0, 0.1) is 0 Å². The molecule has 2 aliphatic heterocycles. The Morgan fingerprint density at radius 1 is 1.03 bits per heavy atom. The maximum Gasteiger partial charge on any atom is 0.280 e. The monoisotopic (exact) mass is 485 g/mol. The second-order valence-electron chi connectivity index (χ2n) is 7.49. The van der Waals surface area contributed by atoms with Crippen LogP contribution in [0.3, 0.4) is 0 Å². The maximum atomic E-state index is 12.6. The second-order valence-corrected chi connectivity index (χ2v) is 10.9. The summed E-state index contributed by atoms with van der Waals surface area (Å²) >= 11 is 0. The van der Waals surface area contributed by atoms with Gasteiger partial charge in [0.1, 0.15) is 6.04 Å². The van der Waals surface area contributed by atoms with Gasteiger partial charge in [-0.1, -0.05) is 0 Å². The molecule has 180 valence electrons. The molecule has 0 spiro atoms. The summed E-state index contributed by atoms with van der Waals surface area (Å²) in [5.74, 6) is -1.90. The molecule has 0 saturated carbocycles. The largest absolute Gasteiger partial charge is 0.375 e. The van der Waals surface area contributed by atoms with Gasteiger partial charge in [0.2, 0.25) is 11.8 Å². The summed E-state index contributed by atoms with van der Waals surface area (Å²) in [6.45, 7) is 2.24. The smallest absolute Gasteiger partial charge is 0.280 e. The first kappa shape index (κ1) is 25.9. The Morgan fingerprint density at radius 3 is 2.26 bits per heavy atom. The highest BCUT2D eigenvalue weighted by molar-refractivity contribution is 7.87. The van der Waals surface area contributed by atoms with E-state index in [0.29, 0.717) is 26.2 Å². The molecule has 2 aliphatic rings. The van der Waals surface area contributed by atoms with Gasteiger partial charge in [0.25, 0.3) is 20.4 Å². The molecule has 0 aromatic heterocycles. The molecule has 6 N–H and O–H groups in total. The van der Waals surface area contributed by atoms with Crippen molar-refractivity contribution in [3.63, 3.8) is 0 Å². The number of ether oxygens (including phenoxy) is 1. The normalized spacial score (nSPS) is 23.5. The van der Waals surface area contributed by atoms with Crippen LogP contribution in [0.15, 0.2) is 0 Å². The van der Waals surface area contributed by atoms with Gasteiger partial charge < -0.3 is 21.1 Å². The number of amides is 2. The number of morpholine rings is 1. The van der Waals surface area contributed by atoms with Crippen molar-refractivity contribution in [3.05, 3.63) is 0 Å². The first-order valence-corrected chi connectivity index (χ1v) is 12.7. The van der Waals surface area contributed by atoms with Gasteiger partial charge in [-0.25, -0.2) is 4.72 Å². The second kappa shape index (κ2) is 11.0. The number of carbonyl (C=O) groups excluding carboxylic acids is 2. The summed E-state index contributed by atoms with van der Waals surface area (Å²) in [4.78, 5) is 24.5. The van der Waals surface area contributed by atoms with Crippen molar-refractivity contribution in [2.24, 2.45) is 11.5 Å². The van der Waals surface area contributed by atoms with Crippen molar-refractivity contribution in [3.8, 4) is 0 Å². The van der Waals surface area contributed by atoms with Crippen molar-refractivity contribution < 1.29 is 31.2 Å². The minimum absolute atomic E-state index is 0.0287. The van der Waals surface area contributed by atoms with Crippen LogP contribution in [0.25, 0.3) is 0 Å². The molecule has 2 amide bonds. The molecule has 2 unspecified atom stereocenters. The number of nitrogens with zero attached hydrogens (tertiary/aromatic N) is 3. The van der Waals surface area contributed by atoms with E-state index in [0.717, 1.165) is 4.31 Å². The lowest BCUT2D eigenvalue weighted by molar-refractivity contribution is -0.124. The molecule has 0 radical (unpaired) electrons. The van der Waals surface area contributed by atoms with E-state index in [1.807, 2.05) is 11.9 Å². The van der Waals surface area contributed by atoms with Crippen LogP contribution < -0.4 is 20.9 Å². The average molecular weight is 486 g/mol. The molecule has 0 aliphatic carbocycles. The van der Waals surface area contributed by atoms with E-state index in [1.54, 1.807) is 0 Å². The number of rotatable bonds is 11. The summed E-state index contributed by atoms with van der Waals surface area (Å²) in [6, 6.07) is -1.46. The van der Waals surface area contributed by atoms with E-state index >= 15 is 0 Å². The molecular weight excluding hydrogens is 454 g/mol. The SMILES string of the molecule is CN1CCN(S(=O)(=O)NCCC2CN(S(=O)(=O)NC(CC(N)=O)C(N)=O)CCO2)CC1. The van der Waals surface area contributed by atoms with Gasteiger partial charge in [0.05, 0.1) is 19.1 Å². The van der Waals surface area contributed by atoms with E-state index in [9.17, 15) is 26.4 Å². The topological polar surface area (TPSA) is 197 Å². The number of hydrogen-bond donors (Lipinski definition) is 4. The summed E-state index contributed by atoms with van der Waals surface area (Å²) in [7, 11) is -5.84. The van der Waals surface area contributed by atoms with Gasteiger partial charge in [-0.05, 0) is 13.5 Å². The Morgan fingerprint density at radius 2 is 1.68 bits per heavy atom. The lowest BCUT2D eigenvalue weighted by atomic mass is 10.2. The van der Waals surface area contributed by atoms with E-state index in [1.165, 1.54) is 4.31 Å². The van der Waals surface area contributed by atoms with Crippen LogP contribution in [0.5, 0.6) is 0 Å². The fourth-order valence-corrected chi connectivity index (χ4v) is 5.80. The number of carbonyl (C=O) groups is 2. The molecule has 2 rings (SSSR count). The van der Waals surface area contributed by atoms with Crippen LogP contribution in [0.1, 0.15) is 12.8 Å². The lowest BCUT2D eigenvalue weighted by Crippen LogP contribution is -2.55. The Bertz CT molecular complexity index is 844. The third-order valence-electron chi connectivity index (χ3n) is 5.03. The predicted octanol–water partition coefficient (Wildman–Crippen LogP) is -4.28. The minimum Gasteiger partial charge on any atom is -0.375 e. The Hall–Kier alpha value is -1.40. The van der Waals surface area contributed by atoms with Gasteiger partial charge in [-0.3, -0.25) is 9.59 Å². The van der Waals surface area contributed by atoms with Crippen LogP contribution >= 0.6 is 0 Å². The van der Waals surface area contributed by atoms with Gasteiger partial charge in [-0.2, -0.15) is 30.2 Å². The van der Waals surface area contributed by atoms with Gasteiger partial charge in [0.15, 0.2) is 0 Å². The first-order chi connectivity index (χ1) is 14.4. The summed E-state index contributed by atoms with van der Waals surface area (Å²) < 4.78 is 62.5. The van der Waals surface area contributed by atoms with E-state index in [2.05, 4.69) is 9.44 Å². The van der Waals surface area contributed by atoms with Crippen LogP contribution in [0.2, 0.25) is 0 Å². The van der Waals surface area contributed by atoms with Gasteiger partial charge in [0, 0.05) is 45.8 Å². The number of piperazine rings is 1. The molecule has 2 atom stereocenters. The third-order valence-corrected chi connectivity index (χ3v) is 8.24. The molecule has 2 fully saturated rings. The number of nitrogens with two attached hydrogens (primary N) is 2. The molecule has 2 heterocycles. The van der Waals surface area contributed by atoms with E-state index < -0.39 is 50.8 Å². The summed E-state index contributed by atoms with van der Waals surface area (Å²) in [6.07, 6.45) is -0.862. The summed E-state index contributed by atoms with van der Waals surface area (Å²) in [5, 5.41) is 0. The maximum absolute atomic E-state index is 12.6. The summed E-state index contributed by atoms with van der Waals surface area (Å²) in [5.41, 5.74) is 10.2. The van der Waals surface area contributed by atoms with Crippen LogP contribution in [-0.2, 0) is 34.7 Å². The quantitative estimate of drug-likeness (QED) is 0.225. The fraction of sp³-hybridized carbons (Fsp3) is 0.867. The van der Waals surface area contributed by atoms with Crippen molar-refractivity contribution in [2.75, 3.05) is 59.5 Å². The number of nitrogens with one attached hydrogen (secondary N) is 2. The van der Waals surface area contributed by atoms with Crippen molar-refractivity contribution >= 4 is 32.2 Å². The van der Waals surface area contributed by atoms with Crippen LogP contribution in [0.4, 0.5) is 0 Å².